The van der Waals surface area contributed by atoms with Crippen LogP contribution in [-0.4, -0.2) is 30.1 Å². The number of hydrogen-bond acceptors (Lipinski definition) is 1. The summed E-state index contributed by atoms with van der Waals surface area (Å²) in [5.74, 6) is 0.637. The zero-order valence-corrected chi connectivity index (χ0v) is 10.3. The van der Waals surface area contributed by atoms with E-state index in [1.54, 1.807) is 0 Å². The van der Waals surface area contributed by atoms with Gasteiger partial charge in [-0.2, -0.15) is 0 Å². The summed E-state index contributed by atoms with van der Waals surface area (Å²) in [6.45, 7) is 7.87. The van der Waals surface area contributed by atoms with Crippen LogP contribution >= 0.6 is 0 Å². The molecular formula is C12H24N2O. The Morgan fingerprint density at radius 3 is 2.40 bits per heavy atom. The monoisotopic (exact) mass is 212 g/mol. The molecule has 0 saturated heterocycles. The number of carbonyl (C=O) groups is 1. The largest absolute Gasteiger partial charge is 0.335 e. The van der Waals surface area contributed by atoms with Crippen molar-refractivity contribution in [3.05, 3.63) is 0 Å². The topological polar surface area (TPSA) is 32.3 Å². The van der Waals surface area contributed by atoms with E-state index in [9.17, 15) is 4.79 Å². The minimum atomic E-state index is 0.110. The molecule has 0 aliphatic heterocycles. The van der Waals surface area contributed by atoms with Crippen LogP contribution in [0.25, 0.3) is 0 Å². The van der Waals surface area contributed by atoms with E-state index in [4.69, 9.17) is 0 Å². The molecule has 88 valence electrons. The Bertz CT molecular complexity index is 202. The molecule has 1 saturated carbocycles. The third-order valence-corrected chi connectivity index (χ3v) is 3.47. The van der Waals surface area contributed by atoms with Crippen LogP contribution in [0.4, 0.5) is 4.79 Å². The van der Waals surface area contributed by atoms with Crippen LogP contribution in [-0.2, 0) is 0 Å². The van der Waals surface area contributed by atoms with E-state index in [0.717, 1.165) is 19.5 Å². The van der Waals surface area contributed by atoms with Gasteiger partial charge in [0.2, 0.25) is 0 Å². The lowest BCUT2D eigenvalue weighted by molar-refractivity contribution is 0.187. The van der Waals surface area contributed by atoms with Crippen LogP contribution in [0.3, 0.4) is 0 Å². The van der Waals surface area contributed by atoms with E-state index < -0.39 is 0 Å². The van der Waals surface area contributed by atoms with Gasteiger partial charge >= 0.3 is 6.03 Å². The molecule has 1 fully saturated rings. The first-order valence-corrected chi connectivity index (χ1v) is 6.24. The summed E-state index contributed by atoms with van der Waals surface area (Å²) in [6, 6.07) is 0.505. The van der Waals surface area contributed by atoms with Gasteiger partial charge in [0.15, 0.2) is 0 Å². The van der Waals surface area contributed by atoms with E-state index in [1.165, 1.54) is 19.3 Å². The van der Waals surface area contributed by atoms with Gasteiger partial charge in [-0.3, -0.25) is 0 Å². The maximum Gasteiger partial charge on any atom is 0.317 e. The highest BCUT2D eigenvalue weighted by Gasteiger charge is 2.23. The molecule has 1 rings (SSSR count). The van der Waals surface area contributed by atoms with E-state index in [-0.39, 0.29) is 6.03 Å². The first kappa shape index (κ1) is 12.3. The molecule has 2 amide bonds. The van der Waals surface area contributed by atoms with Crippen molar-refractivity contribution in [1.82, 2.24) is 10.2 Å². The van der Waals surface area contributed by atoms with Crippen LogP contribution in [0.2, 0.25) is 0 Å². The normalized spacial score (nSPS) is 26.1. The summed E-state index contributed by atoms with van der Waals surface area (Å²) in [5.41, 5.74) is 0. The summed E-state index contributed by atoms with van der Waals surface area (Å²) >= 11 is 0. The Labute approximate surface area is 93.2 Å². The summed E-state index contributed by atoms with van der Waals surface area (Å²) in [6.07, 6.45) is 4.98. The average Bonchev–Trinajstić information content (AvgIpc) is 2.23. The van der Waals surface area contributed by atoms with Gasteiger partial charge in [0, 0.05) is 19.1 Å². The summed E-state index contributed by atoms with van der Waals surface area (Å²) in [5, 5.41) is 3.16. The highest BCUT2D eigenvalue weighted by molar-refractivity contribution is 5.74. The highest BCUT2D eigenvalue weighted by atomic mass is 16.2. The maximum atomic E-state index is 11.8. The zero-order chi connectivity index (χ0) is 11.3. The third kappa shape index (κ3) is 3.40. The summed E-state index contributed by atoms with van der Waals surface area (Å²) < 4.78 is 0. The Hall–Kier alpha value is -0.730. The van der Waals surface area contributed by atoms with E-state index >= 15 is 0 Å². The molecule has 3 heteroatoms. The molecule has 0 bridgehead atoms. The van der Waals surface area contributed by atoms with E-state index in [2.05, 4.69) is 12.2 Å². The van der Waals surface area contributed by atoms with E-state index in [1.807, 2.05) is 18.7 Å². The van der Waals surface area contributed by atoms with Crippen LogP contribution < -0.4 is 5.32 Å². The quantitative estimate of drug-likeness (QED) is 0.766. The average molecular weight is 212 g/mol. The fourth-order valence-corrected chi connectivity index (χ4v) is 2.29. The molecular weight excluding hydrogens is 188 g/mol. The molecule has 3 nitrogen and oxygen atoms in total. The number of nitrogens with one attached hydrogen (secondary N) is 1. The van der Waals surface area contributed by atoms with E-state index in [0.29, 0.717) is 12.0 Å². The SMILES string of the molecule is CCN(CC)C(=O)NC1CCCCC1C. The molecule has 1 aliphatic rings. The second-order valence-electron chi connectivity index (χ2n) is 4.49. The van der Waals surface area contributed by atoms with Crippen molar-refractivity contribution in [2.45, 2.75) is 52.5 Å². The number of urea groups is 1. The lowest BCUT2D eigenvalue weighted by atomic mass is 9.86. The van der Waals surface area contributed by atoms with Crippen LogP contribution in [0.15, 0.2) is 0 Å². The smallest absolute Gasteiger partial charge is 0.317 e. The van der Waals surface area contributed by atoms with Gasteiger partial charge in [0.25, 0.3) is 0 Å². The molecule has 1 aliphatic carbocycles. The van der Waals surface area contributed by atoms with Gasteiger partial charge in [-0.05, 0) is 32.6 Å². The highest BCUT2D eigenvalue weighted by Crippen LogP contribution is 2.23. The molecule has 0 aromatic carbocycles. The van der Waals surface area contributed by atoms with Gasteiger partial charge in [0.05, 0.1) is 0 Å². The van der Waals surface area contributed by atoms with Gasteiger partial charge in [0.1, 0.15) is 0 Å². The van der Waals surface area contributed by atoms with Crippen LogP contribution in [0.5, 0.6) is 0 Å². The predicted octanol–water partition coefficient (Wildman–Crippen LogP) is 2.62. The van der Waals surface area contributed by atoms with Crippen LogP contribution in [0, 0.1) is 5.92 Å². The number of hydrogen-bond donors (Lipinski definition) is 1. The number of carbonyl (C=O) groups excluding carboxylic acids is 1. The standard InChI is InChI=1S/C12H24N2O/c1-4-14(5-2)12(15)13-11-9-7-6-8-10(11)3/h10-11H,4-9H2,1-3H3,(H,13,15). The van der Waals surface area contributed by atoms with Gasteiger partial charge in [-0.25, -0.2) is 4.79 Å². The fourth-order valence-electron chi connectivity index (χ4n) is 2.29. The third-order valence-electron chi connectivity index (χ3n) is 3.47. The first-order chi connectivity index (χ1) is 7.19. The second kappa shape index (κ2) is 5.99. The van der Waals surface area contributed by atoms with Crippen molar-refractivity contribution in [3.63, 3.8) is 0 Å². The fraction of sp³-hybridized carbons (Fsp3) is 0.917. The first-order valence-electron chi connectivity index (χ1n) is 6.24. The molecule has 0 aromatic rings. The number of rotatable bonds is 3. The number of nitrogens with zero attached hydrogens (tertiary/aromatic N) is 1. The predicted molar refractivity (Wildman–Crippen MR) is 62.9 cm³/mol. The molecule has 0 aromatic heterocycles. The Morgan fingerprint density at radius 1 is 1.27 bits per heavy atom. The van der Waals surface area contributed by atoms with Gasteiger partial charge < -0.3 is 10.2 Å². The Balaban J connectivity index is 2.41. The van der Waals surface area contributed by atoms with Crippen molar-refractivity contribution < 1.29 is 4.79 Å². The van der Waals surface area contributed by atoms with Gasteiger partial charge in [-0.15, -0.1) is 0 Å². The molecule has 0 heterocycles. The zero-order valence-electron chi connectivity index (χ0n) is 10.3. The minimum Gasteiger partial charge on any atom is -0.335 e. The van der Waals surface area contributed by atoms with Crippen LogP contribution in [0.1, 0.15) is 46.5 Å². The molecule has 0 spiro atoms. The molecule has 2 unspecified atom stereocenters. The molecule has 15 heavy (non-hydrogen) atoms. The Morgan fingerprint density at radius 2 is 1.87 bits per heavy atom. The van der Waals surface area contributed by atoms with Crippen molar-refractivity contribution in [3.8, 4) is 0 Å². The maximum absolute atomic E-state index is 11.8. The minimum absolute atomic E-state index is 0.110. The molecule has 0 radical (unpaired) electrons. The molecule has 1 N–H and O–H groups in total. The second-order valence-corrected chi connectivity index (χ2v) is 4.49. The van der Waals surface area contributed by atoms with Crippen molar-refractivity contribution in [2.75, 3.05) is 13.1 Å². The summed E-state index contributed by atoms with van der Waals surface area (Å²) in [7, 11) is 0. The molecule has 2 atom stereocenters. The number of amides is 2. The lowest BCUT2D eigenvalue weighted by Gasteiger charge is -2.31. The van der Waals surface area contributed by atoms with Crippen molar-refractivity contribution in [2.24, 2.45) is 5.92 Å². The lowest BCUT2D eigenvalue weighted by Crippen LogP contribution is -2.47. The summed E-state index contributed by atoms with van der Waals surface area (Å²) in [4.78, 5) is 13.7. The van der Waals surface area contributed by atoms with Crippen molar-refractivity contribution >= 4 is 6.03 Å². The van der Waals surface area contributed by atoms with Crippen molar-refractivity contribution in [1.29, 1.82) is 0 Å². The Kier molecular flexibility index (Phi) is 4.92. The van der Waals surface area contributed by atoms with Gasteiger partial charge in [-0.1, -0.05) is 19.8 Å².